The van der Waals surface area contributed by atoms with Crippen molar-refractivity contribution in [2.75, 3.05) is 6.54 Å². The van der Waals surface area contributed by atoms with Gasteiger partial charge in [0.25, 0.3) is 5.56 Å². The van der Waals surface area contributed by atoms with Crippen molar-refractivity contribution in [3.63, 3.8) is 0 Å². The molecule has 0 fully saturated rings. The highest BCUT2D eigenvalue weighted by Crippen LogP contribution is 2.16. The number of hydrogen-bond acceptors (Lipinski definition) is 5. The van der Waals surface area contributed by atoms with Gasteiger partial charge in [-0.2, -0.15) is 5.10 Å². The molecule has 0 bridgehead atoms. The van der Waals surface area contributed by atoms with Crippen molar-refractivity contribution in [1.82, 2.24) is 24.1 Å². The first-order chi connectivity index (χ1) is 12.8. The lowest BCUT2D eigenvalue weighted by Crippen LogP contribution is -2.32. The first-order valence-electron chi connectivity index (χ1n) is 8.43. The van der Waals surface area contributed by atoms with E-state index in [1.807, 2.05) is 19.9 Å². The van der Waals surface area contributed by atoms with E-state index in [0.29, 0.717) is 11.4 Å². The van der Waals surface area contributed by atoms with Crippen molar-refractivity contribution in [2.24, 2.45) is 0 Å². The van der Waals surface area contributed by atoms with Crippen LogP contribution in [0, 0.1) is 20.8 Å². The monoisotopic (exact) mass is 387 g/mol. The van der Waals surface area contributed by atoms with Gasteiger partial charge in [0, 0.05) is 25.0 Å². The molecule has 2 aromatic heterocycles. The van der Waals surface area contributed by atoms with Crippen LogP contribution in [0.15, 0.2) is 52.4 Å². The van der Waals surface area contributed by atoms with Crippen LogP contribution in [0.2, 0.25) is 0 Å². The summed E-state index contributed by atoms with van der Waals surface area (Å²) < 4.78 is 30.5. The number of sulfonamides is 1. The molecule has 0 aliphatic rings. The highest BCUT2D eigenvalue weighted by Gasteiger charge is 2.16. The second kappa shape index (κ2) is 7.45. The summed E-state index contributed by atoms with van der Waals surface area (Å²) in [7, 11) is -3.66. The standard InChI is InChI=1S/C18H21N5O3S/c1-13-4-5-16(14(2)12-13)27(25,26)20-9-11-23-18(24)7-6-17(21-23)22-10-8-19-15(22)3/h4-8,10,12,20H,9,11H2,1-3H3. The molecule has 0 spiro atoms. The predicted molar refractivity (Wildman–Crippen MR) is 101 cm³/mol. The van der Waals surface area contributed by atoms with E-state index in [-0.39, 0.29) is 23.5 Å². The molecular weight excluding hydrogens is 366 g/mol. The molecule has 0 aliphatic carbocycles. The quantitative estimate of drug-likeness (QED) is 0.688. The number of rotatable bonds is 6. The van der Waals surface area contributed by atoms with Crippen molar-refractivity contribution in [3.8, 4) is 5.82 Å². The highest BCUT2D eigenvalue weighted by atomic mass is 32.2. The van der Waals surface area contributed by atoms with Crippen LogP contribution in [-0.2, 0) is 16.6 Å². The number of nitrogens with zero attached hydrogens (tertiary/aromatic N) is 4. The Morgan fingerprint density at radius 3 is 2.56 bits per heavy atom. The zero-order chi connectivity index (χ0) is 19.6. The summed E-state index contributed by atoms with van der Waals surface area (Å²) in [5.41, 5.74) is 1.37. The van der Waals surface area contributed by atoms with Gasteiger partial charge >= 0.3 is 0 Å². The van der Waals surface area contributed by atoms with E-state index in [0.717, 1.165) is 11.4 Å². The number of aromatic nitrogens is 4. The van der Waals surface area contributed by atoms with E-state index < -0.39 is 10.0 Å². The predicted octanol–water partition coefficient (Wildman–Crippen LogP) is 1.33. The molecule has 3 rings (SSSR count). The fourth-order valence-electron chi connectivity index (χ4n) is 2.81. The summed E-state index contributed by atoms with van der Waals surface area (Å²) in [5, 5.41) is 4.29. The zero-order valence-electron chi connectivity index (χ0n) is 15.4. The molecule has 27 heavy (non-hydrogen) atoms. The van der Waals surface area contributed by atoms with E-state index in [1.54, 1.807) is 42.1 Å². The number of imidazole rings is 1. The lowest BCUT2D eigenvalue weighted by Gasteiger charge is -2.11. The van der Waals surface area contributed by atoms with Crippen molar-refractivity contribution in [3.05, 3.63) is 70.0 Å². The average Bonchev–Trinajstić information content (AvgIpc) is 3.02. The molecule has 0 saturated carbocycles. The molecule has 0 amide bonds. The molecule has 1 aromatic carbocycles. The Kier molecular flexibility index (Phi) is 5.24. The second-order valence-corrected chi connectivity index (χ2v) is 8.00. The van der Waals surface area contributed by atoms with Crippen LogP contribution in [-0.4, -0.2) is 34.3 Å². The largest absolute Gasteiger partial charge is 0.287 e. The Morgan fingerprint density at radius 1 is 1.11 bits per heavy atom. The summed E-state index contributed by atoms with van der Waals surface area (Å²) >= 11 is 0. The van der Waals surface area contributed by atoms with Gasteiger partial charge in [-0.05, 0) is 38.5 Å². The Hall–Kier alpha value is -2.78. The normalized spacial score (nSPS) is 11.7. The maximum atomic E-state index is 12.5. The van der Waals surface area contributed by atoms with Crippen molar-refractivity contribution in [2.45, 2.75) is 32.2 Å². The van der Waals surface area contributed by atoms with Crippen LogP contribution in [0.4, 0.5) is 0 Å². The minimum atomic E-state index is -3.66. The third kappa shape index (κ3) is 4.15. The van der Waals surface area contributed by atoms with Crippen molar-refractivity contribution < 1.29 is 8.42 Å². The topological polar surface area (TPSA) is 98.9 Å². The molecule has 0 unspecified atom stereocenters. The SMILES string of the molecule is Cc1ccc(S(=O)(=O)NCCn2nc(-n3ccnc3C)ccc2=O)c(C)c1. The summed E-state index contributed by atoms with van der Waals surface area (Å²) in [6.45, 7) is 5.66. The van der Waals surface area contributed by atoms with Crippen LogP contribution >= 0.6 is 0 Å². The molecule has 8 nitrogen and oxygen atoms in total. The summed E-state index contributed by atoms with van der Waals surface area (Å²) in [6.07, 6.45) is 3.39. The van der Waals surface area contributed by atoms with Gasteiger partial charge in [-0.1, -0.05) is 17.7 Å². The summed E-state index contributed by atoms with van der Waals surface area (Å²) in [5.74, 6) is 1.28. The van der Waals surface area contributed by atoms with Crippen LogP contribution in [0.25, 0.3) is 5.82 Å². The fraction of sp³-hybridized carbons (Fsp3) is 0.278. The Balaban J connectivity index is 1.75. The Labute approximate surface area is 157 Å². The van der Waals surface area contributed by atoms with Gasteiger partial charge in [-0.3, -0.25) is 9.36 Å². The molecule has 1 N–H and O–H groups in total. The van der Waals surface area contributed by atoms with E-state index in [9.17, 15) is 13.2 Å². The van der Waals surface area contributed by atoms with E-state index in [1.165, 1.54) is 10.7 Å². The molecule has 0 aliphatic heterocycles. The smallest absolute Gasteiger partial charge is 0.266 e. The van der Waals surface area contributed by atoms with Gasteiger partial charge in [-0.15, -0.1) is 0 Å². The van der Waals surface area contributed by atoms with Gasteiger partial charge in [0.1, 0.15) is 5.82 Å². The fourth-order valence-corrected chi connectivity index (χ4v) is 4.06. The van der Waals surface area contributed by atoms with Crippen LogP contribution in [0.3, 0.4) is 0 Å². The zero-order valence-corrected chi connectivity index (χ0v) is 16.2. The van der Waals surface area contributed by atoms with Gasteiger partial charge < -0.3 is 0 Å². The molecule has 9 heteroatoms. The molecule has 0 radical (unpaired) electrons. The average molecular weight is 387 g/mol. The van der Waals surface area contributed by atoms with Crippen LogP contribution in [0.5, 0.6) is 0 Å². The lowest BCUT2D eigenvalue weighted by atomic mass is 10.2. The van der Waals surface area contributed by atoms with E-state index >= 15 is 0 Å². The van der Waals surface area contributed by atoms with Crippen molar-refractivity contribution >= 4 is 10.0 Å². The molecule has 0 atom stereocenters. The van der Waals surface area contributed by atoms with Crippen LogP contribution in [0.1, 0.15) is 17.0 Å². The van der Waals surface area contributed by atoms with E-state index in [2.05, 4.69) is 14.8 Å². The molecule has 0 saturated heterocycles. The maximum Gasteiger partial charge on any atom is 0.266 e. The Bertz CT molecular complexity index is 1130. The molecular formula is C18H21N5O3S. The summed E-state index contributed by atoms with van der Waals surface area (Å²) in [4.78, 5) is 16.4. The first-order valence-corrected chi connectivity index (χ1v) is 9.92. The highest BCUT2D eigenvalue weighted by molar-refractivity contribution is 7.89. The molecule has 142 valence electrons. The van der Waals surface area contributed by atoms with E-state index in [4.69, 9.17) is 0 Å². The lowest BCUT2D eigenvalue weighted by molar-refractivity contribution is 0.543. The number of aryl methyl sites for hydroxylation is 3. The van der Waals surface area contributed by atoms with Gasteiger partial charge in [0.2, 0.25) is 10.0 Å². The number of benzene rings is 1. The minimum Gasteiger partial charge on any atom is -0.287 e. The van der Waals surface area contributed by atoms with Gasteiger partial charge in [0.15, 0.2) is 5.82 Å². The summed E-state index contributed by atoms with van der Waals surface area (Å²) in [6, 6.07) is 8.16. The third-order valence-corrected chi connectivity index (χ3v) is 5.78. The van der Waals surface area contributed by atoms with Crippen LogP contribution < -0.4 is 10.3 Å². The van der Waals surface area contributed by atoms with Gasteiger partial charge in [0.05, 0.1) is 11.4 Å². The van der Waals surface area contributed by atoms with Crippen molar-refractivity contribution in [1.29, 1.82) is 0 Å². The number of nitrogens with one attached hydrogen (secondary N) is 1. The molecule has 3 aromatic rings. The molecule has 2 heterocycles. The maximum absolute atomic E-state index is 12.5. The first kappa shape index (κ1) is 19.0. The number of hydrogen-bond donors (Lipinski definition) is 1. The van der Waals surface area contributed by atoms with Gasteiger partial charge in [-0.25, -0.2) is 22.8 Å². The minimum absolute atomic E-state index is 0.0505. The Morgan fingerprint density at radius 2 is 1.89 bits per heavy atom. The third-order valence-electron chi connectivity index (χ3n) is 4.16. The second-order valence-electron chi connectivity index (χ2n) is 6.26.